The van der Waals surface area contributed by atoms with Gasteiger partial charge in [-0.1, -0.05) is 25.3 Å². The summed E-state index contributed by atoms with van der Waals surface area (Å²) in [5, 5.41) is 2.96. The predicted octanol–water partition coefficient (Wildman–Crippen LogP) is 3.17. The highest BCUT2D eigenvalue weighted by Gasteiger charge is 2.18. The highest BCUT2D eigenvalue weighted by atomic mass is 16.1. The van der Waals surface area contributed by atoms with Crippen LogP contribution in [0.25, 0.3) is 0 Å². The third kappa shape index (κ3) is 4.74. The molecule has 1 fully saturated rings. The number of hydrogen-bond acceptors (Lipinski definition) is 3. The summed E-state index contributed by atoms with van der Waals surface area (Å²) in [6, 6.07) is 6.25. The normalized spacial score (nSPS) is 16.1. The zero-order valence-corrected chi connectivity index (χ0v) is 13.2. The molecule has 1 saturated carbocycles. The molecule has 1 aromatic carbocycles. The Kier molecular flexibility index (Phi) is 5.62. The van der Waals surface area contributed by atoms with Crippen LogP contribution in [0, 0.1) is 6.92 Å². The van der Waals surface area contributed by atoms with E-state index in [0.717, 1.165) is 17.8 Å². The van der Waals surface area contributed by atoms with Gasteiger partial charge in [0.15, 0.2) is 0 Å². The zero-order valence-electron chi connectivity index (χ0n) is 13.2. The molecule has 0 atom stereocenters. The number of amides is 1. The molecule has 4 heteroatoms. The van der Waals surface area contributed by atoms with E-state index in [1.807, 2.05) is 25.1 Å². The molecular formula is C17H27N3O. The predicted molar refractivity (Wildman–Crippen MR) is 88.3 cm³/mol. The van der Waals surface area contributed by atoms with Gasteiger partial charge in [-0.15, -0.1) is 0 Å². The molecule has 4 nitrogen and oxygen atoms in total. The average molecular weight is 289 g/mol. The Morgan fingerprint density at radius 2 is 2.05 bits per heavy atom. The largest absolute Gasteiger partial charge is 0.399 e. The topological polar surface area (TPSA) is 58.4 Å². The number of nitrogens with zero attached hydrogens (tertiary/aromatic N) is 1. The highest BCUT2D eigenvalue weighted by Crippen LogP contribution is 2.22. The number of nitrogens with two attached hydrogens (primary N) is 1. The van der Waals surface area contributed by atoms with Gasteiger partial charge in [0.1, 0.15) is 0 Å². The lowest BCUT2D eigenvalue weighted by molar-refractivity contribution is -0.116. The van der Waals surface area contributed by atoms with Crippen LogP contribution in [0.3, 0.4) is 0 Å². The van der Waals surface area contributed by atoms with Crippen molar-refractivity contribution in [3.63, 3.8) is 0 Å². The van der Waals surface area contributed by atoms with E-state index >= 15 is 0 Å². The monoisotopic (exact) mass is 289 g/mol. The average Bonchev–Trinajstić information content (AvgIpc) is 2.49. The first-order valence-electron chi connectivity index (χ1n) is 7.92. The summed E-state index contributed by atoms with van der Waals surface area (Å²) in [5.41, 5.74) is 8.30. The van der Waals surface area contributed by atoms with E-state index in [1.165, 1.54) is 32.1 Å². The Labute approximate surface area is 127 Å². The number of nitrogen functional groups attached to an aromatic ring is 1. The molecule has 0 aromatic heterocycles. The number of nitrogens with one attached hydrogen (secondary N) is 1. The fourth-order valence-corrected chi connectivity index (χ4v) is 2.97. The van der Waals surface area contributed by atoms with Gasteiger partial charge in [0, 0.05) is 30.4 Å². The third-order valence-electron chi connectivity index (χ3n) is 4.43. The Balaban J connectivity index is 1.80. The van der Waals surface area contributed by atoms with Crippen molar-refractivity contribution in [3.05, 3.63) is 23.8 Å². The zero-order chi connectivity index (χ0) is 15.2. The second kappa shape index (κ2) is 7.46. The minimum Gasteiger partial charge on any atom is -0.399 e. The van der Waals surface area contributed by atoms with Crippen molar-refractivity contribution in [2.75, 3.05) is 24.6 Å². The molecule has 1 aliphatic carbocycles. The van der Waals surface area contributed by atoms with Crippen LogP contribution in [0.4, 0.5) is 11.4 Å². The number of anilines is 2. The molecule has 1 amide bonds. The summed E-state index contributed by atoms with van der Waals surface area (Å²) >= 11 is 0. The Bertz CT molecular complexity index is 481. The summed E-state index contributed by atoms with van der Waals surface area (Å²) in [5.74, 6) is 0.0614. The van der Waals surface area contributed by atoms with Gasteiger partial charge in [-0.25, -0.2) is 0 Å². The van der Waals surface area contributed by atoms with Crippen LogP contribution >= 0.6 is 0 Å². The maximum atomic E-state index is 12.1. The quantitative estimate of drug-likeness (QED) is 0.819. The van der Waals surface area contributed by atoms with E-state index in [4.69, 9.17) is 5.73 Å². The van der Waals surface area contributed by atoms with Crippen LogP contribution in [-0.2, 0) is 4.79 Å². The second-order valence-electron chi connectivity index (χ2n) is 6.14. The molecule has 0 spiro atoms. The highest BCUT2D eigenvalue weighted by molar-refractivity contribution is 5.92. The van der Waals surface area contributed by atoms with E-state index in [1.54, 1.807) is 0 Å². The van der Waals surface area contributed by atoms with Crippen molar-refractivity contribution < 1.29 is 4.79 Å². The van der Waals surface area contributed by atoms with Gasteiger partial charge in [-0.05, 0) is 44.5 Å². The Morgan fingerprint density at radius 1 is 1.33 bits per heavy atom. The fraction of sp³-hybridized carbons (Fsp3) is 0.588. The van der Waals surface area contributed by atoms with Crippen LogP contribution in [0.1, 0.15) is 44.1 Å². The summed E-state index contributed by atoms with van der Waals surface area (Å²) in [4.78, 5) is 14.4. The molecule has 1 aromatic rings. The van der Waals surface area contributed by atoms with Crippen LogP contribution < -0.4 is 11.1 Å². The van der Waals surface area contributed by atoms with Crippen molar-refractivity contribution >= 4 is 17.3 Å². The van der Waals surface area contributed by atoms with Crippen molar-refractivity contribution in [3.8, 4) is 0 Å². The molecule has 0 bridgehead atoms. The van der Waals surface area contributed by atoms with Gasteiger partial charge in [-0.2, -0.15) is 0 Å². The number of benzene rings is 1. The van der Waals surface area contributed by atoms with Crippen LogP contribution in [-0.4, -0.2) is 30.4 Å². The molecule has 0 heterocycles. The lowest BCUT2D eigenvalue weighted by Crippen LogP contribution is -2.35. The van der Waals surface area contributed by atoms with Gasteiger partial charge in [0.05, 0.1) is 0 Å². The van der Waals surface area contributed by atoms with Crippen molar-refractivity contribution in [2.24, 2.45) is 0 Å². The molecule has 116 valence electrons. The van der Waals surface area contributed by atoms with E-state index in [-0.39, 0.29) is 5.91 Å². The summed E-state index contributed by atoms with van der Waals surface area (Å²) in [7, 11) is 2.13. The lowest BCUT2D eigenvalue weighted by atomic mass is 9.94. The molecule has 0 radical (unpaired) electrons. The lowest BCUT2D eigenvalue weighted by Gasteiger charge is -2.30. The standard InChI is InChI=1S/C17H27N3O/c1-13-8-9-14(18)12-16(13)19-17(21)10-11-20(2)15-6-4-3-5-7-15/h8-9,12,15H,3-7,10-11,18H2,1-2H3,(H,19,21). The van der Waals surface area contributed by atoms with E-state index in [0.29, 0.717) is 18.2 Å². The number of carbonyl (C=O) groups excluding carboxylic acids is 1. The molecule has 0 unspecified atom stereocenters. The maximum Gasteiger partial charge on any atom is 0.225 e. The van der Waals surface area contributed by atoms with Crippen LogP contribution in [0.15, 0.2) is 18.2 Å². The summed E-state index contributed by atoms with van der Waals surface area (Å²) in [6.45, 7) is 2.79. The molecule has 0 aliphatic heterocycles. The maximum absolute atomic E-state index is 12.1. The van der Waals surface area contributed by atoms with Crippen LogP contribution in [0.2, 0.25) is 0 Å². The SMILES string of the molecule is Cc1ccc(N)cc1NC(=O)CCN(C)C1CCCCC1. The molecule has 3 N–H and O–H groups in total. The molecular weight excluding hydrogens is 262 g/mol. The van der Waals surface area contributed by atoms with Gasteiger partial charge < -0.3 is 16.0 Å². The van der Waals surface area contributed by atoms with Crippen molar-refractivity contribution in [1.29, 1.82) is 0 Å². The van der Waals surface area contributed by atoms with E-state index < -0.39 is 0 Å². The molecule has 21 heavy (non-hydrogen) atoms. The first kappa shape index (κ1) is 15.8. The van der Waals surface area contributed by atoms with Crippen LogP contribution in [0.5, 0.6) is 0 Å². The van der Waals surface area contributed by atoms with Gasteiger partial charge in [0.2, 0.25) is 5.91 Å². The number of aryl methyl sites for hydroxylation is 1. The van der Waals surface area contributed by atoms with E-state index in [2.05, 4.69) is 17.3 Å². The first-order valence-corrected chi connectivity index (χ1v) is 7.92. The first-order chi connectivity index (χ1) is 10.1. The van der Waals surface area contributed by atoms with Gasteiger partial charge >= 0.3 is 0 Å². The second-order valence-corrected chi connectivity index (χ2v) is 6.14. The number of rotatable bonds is 5. The minimum atomic E-state index is 0.0614. The molecule has 1 aliphatic rings. The smallest absolute Gasteiger partial charge is 0.225 e. The Morgan fingerprint density at radius 3 is 2.76 bits per heavy atom. The van der Waals surface area contributed by atoms with Gasteiger partial charge in [-0.3, -0.25) is 4.79 Å². The summed E-state index contributed by atoms with van der Waals surface area (Å²) in [6.07, 6.45) is 7.08. The number of carbonyl (C=O) groups is 1. The molecule has 2 rings (SSSR count). The summed E-state index contributed by atoms with van der Waals surface area (Å²) < 4.78 is 0. The van der Waals surface area contributed by atoms with Crippen molar-refractivity contribution in [2.45, 2.75) is 51.5 Å². The molecule has 0 saturated heterocycles. The van der Waals surface area contributed by atoms with Crippen molar-refractivity contribution in [1.82, 2.24) is 4.90 Å². The minimum absolute atomic E-state index is 0.0614. The van der Waals surface area contributed by atoms with Gasteiger partial charge in [0.25, 0.3) is 0 Å². The fourth-order valence-electron chi connectivity index (χ4n) is 2.97. The number of hydrogen-bond donors (Lipinski definition) is 2. The third-order valence-corrected chi connectivity index (χ3v) is 4.43. The Hall–Kier alpha value is -1.55. The van der Waals surface area contributed by atoms with E-state index in [9.17, 15) is 4.79 Å².